The highest BCUT2D eigenvalue weighted by Gasteiger charge is 2.41. The molecule has 2 saturated heterocycles. The number of hydrogen-bond donors (Lipinski definition) is 0. The molecule has 0 aromatic carbocycles. The average molecular weight is 278 g/mol. The quantitative estimate of drug-likeness (QED) is 0.845. The molecule has 0 bridgehead atoms. The van der Waals surface area contributed by atoms with Gasteiger partial charge in [-0.05, 0) is 32.4 Å². The molecule has 3 atom stereocenters. The molecule has 1 unspecified atom stereocenters. The molecule has 3 heterocycles. The van der Waals surface area contributed by atoms with E-state index < -0.39 is 0 Å². The first-order valence-electron chi connectivity index (χ1n) is 7.82. The van der Waals surface area contributed by atoms with E-state index in [-0.39, 0.29) is 0 Å². The van der Waals surface area contributed by atoms with Crippen molar-refractivity contribution in [1.29, 1.82) is 0 Å². The van der Waals surface area contributed by atoms with Gasteiger partial charge in [-0.15, -0.1) is 0 Å². The third kappa shape index (κ3) is 2.78. The highest BCUT2D eigenvalue weighted by Crippen LogP contribution is 2.26. The number of ether oxygens (including phenoxy) is 1. The van der Waals surface area contributed by atoms with E-state index in [2.05, 4.69) is 29.7 Å². The minimum Gasteiger partial charge on any atom is -0.465 e. The van der Waals surface area contributed by atoms with E-state index in [1.807, 2.05) is 13.0 Å². The van der Waals surface area contributed by atoms with Crippen LogP contribution >= 0.6 is 0 Å². The number of fused-ring (bicyclic) bond motifs is 1. The minimum atomic E-state index is 0.369. The fourth-order valence-corrected chi connectivity index (χ4v) is 3.37. The largest absolute Gasteiger partial charge is 0.465 e. The van der Waals surface area contributed by atoms with E-state index in [0.29, 0.717) is 18.2 Å². The van der Waals surface area contributed by atoms with Gasteiger partial charge in [0.25, 0.3) is 0 Å². The molecule has 0 amide bonds. The van der Waals surface area contributed by atoms with Crippen LogP contribution in [0.2, 0.25) is 0 Å². The Morgan fingerprint density at radius 2 is 2.20 bits per heavy atom. The number of aryl methyl sites for hydroxylation is 1. The standard InChI is InChI=1S/C16H26N2O2/c1-4-12(2)18-10-15-16(11-18)19-8-7-17(15)9-14-6-5-13(3)20-14/h5-6,12,15-16H,4,7-11H2,1-3H3/t12?,15-,16+/m0/s1. The van der Waals surface area contributed by atoms with Crippen molar-refractivity contribution in [2.45, 2.75) is 51.9 Å². The number of nitrogens with zero attached hydrogens (tertiary/aromatic N) is 2. The van der Waals surface area contributed by atoms with Crippen LogP contribution in [0, 0.1) is 6.92 Å². The average Bonchev–Trinajstić information content (AvgIpc) is 3.05. The van der Waals surface area contributed by atoms with Crippen molar-refractivity contribution >= 4 is 0 Å². The zero-order chi connectivity index (χ0) is 14.1. The van der Waals surface area contributed by atoms with Crippen LogP contribution in [0.4, 0.5) is 0 Å². The molecular weight excluding hydrogens is 252 g/mol. The number of rotatable bonds is 4. The number of furan rings is 1. The molecule has 112 valence electrons. The first-order valence-corrected chi connectivity index (χ1v) is 7.82. The fraction of sp³-hybridized carbons (Fsp3) is 0.750. The summed E-state index contributed by atoms with van der Waals surface area (Å²) in [5, 5.41) is 0. The summed E-state index contributed by atoms with van der Waals surface area (Å²) >= 11 is 0. The lowest BCUT2D eigenvalue weighted by atomic mass is 10.1. The second kappa shape index (κ2) is 5.88. The molecule has 2 fully saturated rings. The normalized spacial score (nSPS) is 29.6. The van der Waals surface area contributed by atoms with E-state index in [1.165, 1.54) is 6.42 Å². The molecule has 1 aromatic rings. The van der Waals surface area contributed by atoms with Gasteiger partial charge in [-0.25, -0.2) is 0 Å². The van der Waals surface area contributed by atoms with Gasteiger partial charge in [-0.2, -0.15) is 0 Å². The van der Waals surface area contributed by atoms with Crippen LogP contribution in [-0.4, -0.2) is 54.2 Å². The van der Waals surface area contributed by atoms with E-state index in [9.17, 15) is 0 Å². The Bertz CT molecular complexity index is 445. The Kier molecular flexibility index (Phi) is 4.15. The Labute approximate surface area is 121 Å². The Morgan fingerprint density at radius 1 is 1.35 bits per heavy atom. The van der Waals surface area contributed by atoms with Crippen LogP contribution in [0.1, 0.15) is 31.8 Å². The highest BCUT2D eigenvalue weighted by molar-refractivity contribution is 5.07. The Hall–Kier alpha value is -0.840. The van der Waals surface area contributed by atoms with Gasteiger partial charge in [0.1, 0.15) is 11.5 Å². The van der Waals surface area contributed by atoms with Crippen LogP contribution in [0.3, 0.4) is 0 Å². The monoisotopic (exact) mass is 278 g/mol. The van der Waals surface area contributed by atoms with Gasteiger partial charge >= 0.3 is 0 Å². The van der Waals surface area contributed by atoms with Crippen LogP contribution in [0.5, 0.6) is 0 Å². The Morgan fingerprint density at radius 3 is 2.90 bits per heavy atom. The van der Waals surface area contributed by atoms with Crippen LogP contribution in [0.25, 0.3) is 0 Å². The molecule has 4 heteroatoms. The van der Waals surface area contributed by atoms with Crippen molar-refractivity contribution in [3.63, 3.8) is 0 Å². The second-order valence-corrected chi connectivity index (χ2v) is 6.17. The highest BCUT2D eigenvalue weighted by atomic mass is 16.5. The van der Waals surface area contributed by atoms with Crippen molar-refractivity contribution in [3.8, 4) is 0 Å². The molecule has 0 radical (unpaired) electrons. The van der Waals surface area contributed by atoms with E-state index >= 15 is 0 Å². The molecule has 0 spiro atoms. The molecule has 0 N–H and O–H groups in total. The lowest BCUT2D eigenvalue weighted by Crippen LogP contribution is -2.50. The Balaban J connectivity index is 1.66. The maximum absolute atomic E-state index is 5.99. The van der Waals surface area contributed by atoms with Gasteiger partial charge in [-0.3, -0.25) is 9.80 Å². The maximum atomic E-state index is 5.99. The van der Waals surface area contributed by atoms with Crippen LogP contribution in [0.15, 0.2) is 16.5 Å². The van der Waals surface area contributed by atoms with Crippen molar-refractivity contribution in [2.24, 2.45) is 0 Å². The van der Waals surface area contributed by atoms with Crippen molar-refractivity contribution in [3.05, 3.63) is 23.7 Å². The van der Waals surface area contributed by atoms with Gasteiger partial charge < -0.3 is 9.15 Å². The minimum absolute atomic E-state index is 0.369. The zero-order valence-electron chi connectivity index (χ0n) is 12.8. The molecule has 2 aliphatic heterocycles. The second-order valence-electron chi connectivity index (χ2n) is 6.17. The number of morpholine rings is 1. The van der Waals surface area contributed by atoms with Crippen molar-refractivity contribution in [2.75, 3.05) is 26.2 Å². The summed E-state index contributed by atoms with van der Waals surface area (Å²) in [5.74, 6) is 2.07. The molecule has 20 heavy (non-hydrogen) atoms. The first kappa shape index (κ1) is 14.1. The SMILES string of the molecule is CCC(C)N1C[C@H]2OCCN(Cc3ccc(C)o3)[C@H]2C1. The molecule has 2 aliphatic rings. The summed E-state index contributed by atoms with van der Waals surface area (Å²) in [6.45, 7) is 11.5. The molecular formula is C16H26N2O2. The molecule has 1 aromatic heterocycles. The zero-order valence-corrected chi connectivity index (χ0v) is 12.8. The summed E-state index contributed by atoms with van der Waals surface area (Å²) in [4.78, 5) is 5.11. The first-order chi connectivity index (χ1) is 9.67. The number of hydrogen-bond acceptors (Lipinski definition) is 4. The summed E-state index contributed by atoms with van der Waals surface area (Å²) in [6.07, 6.45) is 1.57. The summed E-state index contributed by atoms with van der Waals surface area (Å²) in [5.41, 5.74) is 0. The predicted octanol–water partition coefficient (Wildman–Crippen LogP) is 2.27. The lowest BCUT2D eigenvalue weighted by molar-refractivity contribution is -0.0524. The number of likely N-dealkylation sites (tertiary alicyclic amines) is 1. The maximum Gasteiger partial charge on any atom is 0.118 e. The summed E-state index contributed by atoms with van der Waals surface area (Å²) < 4.78 is 11.7. The van der Waals surface area contributed by atoms with Crippen LogP contribution < -0.4 is 0 Å². The fourth-order valence-electron chi connectivity index (χ4n) is 3.37. The summed E-state index contributed by atoms with van der Waals surface area (Å²) in [6, 6.07) is 5.31. The molecule has 4 nitrogen and oxygen atoms in total. The van der Waals surface area contributed by atoms with Gasteiger partial charge in [0, 0.05) is 25.7 Å². The van der Waals surface area contributed by atoms with Crippen molar-refractivity contribution in [1.82, 2.24) is 9.80 Å². The van der Waals surface area contributed by atoms with Crippen LogP contribution in [-0.2, 0) is 11.3 Å². The third-order valence-electron chi connectivity index (χ3n) is 4.81. The lowest BCUT2D eigenvalue weighted by Gasteiger charge is -2.36. The van der Waals surface area contributed by atoms with E-state index in [1.54, 1.807) is 0 Å². The molecule has 3 rings (SSSR count). The van der Waals surface area contributed by atoms with Crippen molar-refractivity contribution < 1.29 is 9.15 Å². The predicted molar refractivity (Wildman–Crippen MR) is 78.7 cm³/mol. The van der Waals surface area contributed by atoms with Gasteiger partial charge in [0.15, 0.2) is 0 Å². The van der Waals surface area contributed by atoms with Gasteiger partial charge in [0.05, 0.1) is 25.3 Å². The van der Waals surface area contributed by atoms with E-state index in [0.717, 1.165) is 44.3 Å². The molecule has 0 aliphatic carbocycles. The van der Waals surface area contributed by atoms with Gasteiger partial charge in [0.2, 0.25) is 0 Å². The topological polar surface area (TPSA) is 28.9 Å². The van der Waals surface area contributed by atoms with Gasteiger partial charge in [-0.1, -0.05) is 6.92 Å². The third-order valence-corrected chi connectivity index (χ3v) is 4.81. The molecule has 0 saturated carbocycles. The van der Waals surface area contributed by atoms with E-state index in [4.69, 9.17) is 9.15 Å². The summed E-state index contributed by atoms with van der Waals surface area (Å²) in [7, 11) is 0. The smallest absolute Gasteiger partial charge is 0.118 e.